The molecule has 1 amide bonds. The van der Waals surface area contributed by atoms with Crippen molar-refractivity contribution in [3.05, 3.63) is 59.2 Å². The second-order valence-corrected chi connectivity index (χ2v) is 8.23. The number of nitrogens with one attached hydrogen (secondary N) is 1. The van der Waals surface area contributed by atoms with Crippen LogP contribution in [0.3, 0.4) is 0 Å². The second-order valence-electron chi connectivity index (χ2n) is 6.33. The van der Waals surface area contributed by atoms with E-state index in [1.54, 1.807) is 32.9 Å². The van der Waals surface area contributed by atoms with Gasteiger partial charge in [-0.05, 0) is 49.2 Å². The van der Waals surface area contributed by atoms with Gasteiger partial charge in [-0.15, -0.1) is 0 Å². The van der Waals surface area contributed by atoms with Crippen molar-refractivity contribution < 1.29 is 26.4 Å². The third-order valence-electron chi connectivity index (χ3n) is 4.11. The first kappa shape index (κ1) is 21.9. The molecule has 2 aromatic rings. The Morgan fingerprint density at radius 3 is 2.39 bits per heavy atom. The molecule has 2 rings (SSSR count). The van der Waals surface area contributed by atoms with E-state index in [1.807, 2.05) is 0 Å². The van der Waals surface area contributed by atoms with Crippen LogP contribution in [0.25, 0.3) is 0 Å². The number of carbonyl (C=O) groups is 1. The Hall–Kier alpha value is -2.39. The standard InChI is InChI=1S/C19H21F3N2O3S/c1-4-24(28(26,27)17-10-13(2)8-9-14(17)3)12-18(25)23-16-7-5-6-15(11-16)19(20,21)22/h5-11H,4,12H2,1-3H3,(H,23,25). The van der Waals surface area contributed by atoms with Crippen LogP contribution in [0.15, 0.2) is 47.4 Å². The van der Waals surface area contributed by atoms with Crippen LogP contribution in [-0.4, -0.2) is 31.7 Å². The number of nitrogens with zero attached hydrogens (tertiary/aromatic N) is 1. The first-order chi connectivity index (χ1) is 12.9. The third-order valence-corrected chi connectivity index (χ3v) is 6.17. The fourth-order valence-corrected chi connectivity index (χ4v) is 4.34. The molecule has 0 saturated carbocycles. The van der Waals surface area contributed by atoms with Gasteiger partial charge in [-0.1, -0.05) is 25.1 Å². The Labute approximate surface area is 162 Å². The summed E-state index contributed by atoms with van der Waals surface area (Å²) in [5.41, 5.74) is 0.344. The van der Waals surface area contributed by atoms with Crippen molar-refractivity contribution in [2.24, 2.45) is 0 Å². The van der Waals surface area contributed by atoms with Crippen LogP contribution in [0, 0.1) is 13.8 Å². The first-order valence-electron chi connectivity index (χ1n) is 8.49. The molecule has 2 aromatic carbocycles. The van der Waals surface area contributed by atoms with Gasteiger partial charge in [0, 0.05) is 12.2 Å². The maximum Gasteiger partial charge on any atom is 0.416 e. The molecule has 0 aliphatic carbocycles. The number of hydrogen-bond donors (Lipinski definition) is 1. The van der Waals surface area contributed by atoms with Crippen molar-refractivity contribution in [2.45, 2.75) is 31.8 Å². The minimum atomic E-state index is -4.54. The lowest BCUT2D eigenvalue weighted by molar-refractivity contribution is -0.137. The number of halogens is 3. The molecule has 9 heteroatoms. The highest BCUT2D eigenvalue weighted by Gasteiger charge is 2.31. The van der Waals surface area contributed by atoms with Crippen LogP contribution < -0.4 is 5.32 Å². The van der Waals surface area contributed by atoms with E-state index in [9.17, 15) is 26.4 Å². The topological polar surface area (TPSA) is 66.5 Å². The molecule has 0 fully saturated rings. The summed E-state index contributed by atoms with van der Waals surface area (Å²) < 4.78 is 65.2. The number of anilines is 1. The summed E-state index contributed by atoms with van der Waals surface area (Å²) in [7, 11) is -3.93. The summed E-state index contributed by atoms with van der Waals surface area (Å²) in [5.74, 6) is -0.727. The van der Waals surface area contributed by atoms with Crippen LogP contribution in [0.1, 0.15) is 23.6 Å². The molecule has 0 aromatic heterocycles. The molecule has 0 unspecified atom stereocenters. The molecular weight excluding hydrogens is 393 g/mol. The highest BCUT2D eigenvalue weighted by molar-refractivity contribution is 7.89. The molecule has 0 radical (unpaired) electrons. The molecule has 28 heavy (non-hydrogen) atoms. The van der Waals surface area contributed by atoms with E-state index < -0.39 is 34.2 Å². The third kappa shape index (κ3) is 5.11. The van der Waals surface area contributed by atoms with Crippen LogP contribution in [-0.2, 0) is 21.0 Å². The fraction of sp³-hybridized carbons (Fsp3) is 0.316. The van der Waals surface area contributed by atoms with Gasteiger partial charge in [0.05, 0.1) is 17.0 Å². The molecule has 152 valence electrons. The Kier molecular flexibility index (Phi) is 6.51. The van der Waals surface area contributed by atoms with Gasteiger partial charge in [0.25, 0.3) is 0 Å². The second kappa shape index (κ2) is 8.32. The minimum Gasteiger partial charge on any atom is -0.325 e. The number of likely N-dealkylation sites (N-methyl/N-ethyl adjacent to an activating group) is 1. The fourth-order valence-electron chi connectivity index (χ4n) is 2.63. The molecule has 5 nitrogen and oxygen atoms in total. The maximum atomic E-state index is 12.9. The van der Waals surface area contributed by atoms with Gasteiger partial charge in [-0.3, -0.25) is 4.79 Å². The first-order valence-corrected chi connectivity index (χ1v) is 9.93. The van der Waals surface area contributed by atoms with Gasteiger partial charge in [0.1, 0.15) is 0 Å². The van der Waals surface area contributed by atoms with Gasteiger partial charge in [-0.2, -0.15) is 17.5 Å². The lowest BCUT2D eigenvalue weighted by atomic mass is 10.2. The monoisotopic (exact) mass is 414 g/mol. The van der Waals surface area contributed by atoms with Crippen molar-refractivity contribution in [3.63, 3.8) is 0 Å². The average molecular weight is 414 g/mol. The molecule has 0 aliphatic heterocycles. The highest BCUT2D eigenvalue weighted by atomic mass is 32.2. The van der Waals surface area contributed by atoms with Crippen LogP contribution >= 0.6 is 0 Å². The van der Waals surface area contributed by atoms with Crippen LogP contribution in [0.5, 0.6) is 0 Å². The lowest BCUT2D eigenvalue weighted by Crippen LogP contribution is -2.38. The summed E-state index contributed by atoms with van der Waals surface area (Å²) in [6.07, 6.45) is -4.54. The van der Waals surface area contributed by atoms with E-state index in [0.717, 1.165) is 22.0 Å². The zero-order chi connectivity index (χ0) is 21.1. The van der Waals surface area contributed by atoms with E-state index in [-0.39, 0.29) is 17.1 Å². The van der Waals surface area contributed by atoms with Crippen molar-refractivity contribution in [1.82, 2.24) is 4.31 Å². The van der Waals surface area contributed by atoms with Gasteiger partial charge in [-0.25, -0.2) is 8.42 Å². The largest absolute Gasteiger partial charge is 0.416 e. The van der Waals surface area contributed by atoms with Gasteiger partial charge in [0.15, 0.2) is 0 Å². The number of aryl methyl sites for hydroxylation is 2. The molecular formula is C19H21F3N2O3S. The number of sulfonamides is 1. The number of rotatable bonds is 6. The summed E-state index contributed by atoms with van der Waals surface area (Å²) in [5, 5.41) is 2.32. The molecule has 0 atom stereocenters. The van der Waals surface area contributed by atoms with Gasteiger partial charge >= 0.3 is 6.18 Å². The quantitative estimate of drug-likeness (QED) is 0.778. The molecule has 0 bridgehead atoms. The van der Waals surface area contributed by atoms with Crippen molar-refractivity contribution in [1.29, 1.82) is 0 Å². The van der Waals surface area contributed by atoms with Crippen molar-refractivity contribution in [3.8, 4) is 0 Å². The van der Waals surface area contributed by atoms with E-state index in [0.29, 0.717) is 5.56 Å². The maximum absolute atomic E-state index is 12.9. The number of benzene rings is 2. The van der Waals surface area contributed by atoms with Crippen LogP contribution in [0.4, 0.5) is 18.9 Å². The Bertz CT molecular complexity index is 973. The normalized spacial score (nSPS) is 12.2. The zero-order valence-corrected chi connectivity index (χ0v) is 16.5. The number of amides is 1. The Morgan fingerprint density at radius 1 is 1.11 bits per heavy atom. The Balaban J connectivity index is 2.21. The van der Waals surface area contributed by atoms with Crippen LogP contribution in [0.2, 0.25) is 0 Å². The summed E-state index contributed by atoms with van der Waals surface area (Å²) in [6.45, 7) is 4.52. The molecule has 0 spiro atoms. The van der Waals surface area contributed by atoms with Gasteiger partial charge in [0.2, 0.25) is 15.9 Å². The zero-order valence-electron chi connectivity index (χ0n) is 15.7. The average Bonchev–Trinajstić information content (AvgIpc) is 2.61. The summed E-state index contributed by atoms with van der Waals surface area (Å²) in [4.78, 5) is 12.4. The number of hydrogen-bond acceptors (Lipinski definition) is 3. The lowest BCUT2D eigenvalue weighted by Gasteiger charge is -2.21. The van der Waals surface area contributed by atoms with E-state index in [4.69, 9.17) is 0 Å². The molecule has 0 heterocycles. The molecule has 0 aliphatic rings. The molecule has 1 N–H and O–H groups in total. The van der Waals surface area contributed by atoms with Crippen molar-refractivity contribution in [2.75, 3.05) is 18.4 Å². The predicted octanol–water partition coefficient (Wildman–Crippen LogP) is 3.97. The highest BCUT2D eigenvalue weighted by Crippen LogP contribution is 2.30. The predicted molar refractivity (Wildman–Crippen MR) is 100 cm³/mol. The molecule has 0 saturated heterocycles. The van der Waals surface area contributed by atoms with E-state index in [2.05, 4.69) is 5.32 Å². The minimum absolute atomic E-state index is 0.0335. The summed E-state index contributed by atoms with van der Waals surface area (Å²) >= 11 is 0. The van der Waals surface area contributed by atoms with Gasteiger partial charge < -0.3 is 5.32 Å². The number of carbonyl (C=O) groups excluding carboxylic acids is 1. The van der Waals surface area contributed by atoms with E-state index >= 15 is 0 Å². The SMILES string of the molecule is CCN(CC(=O)Nc1cccc(C(F)(F)F)c1)S(=O)(=O)c1cc(C)ccc1C. The smallest absolute Gasteiger partial charge is 0.325 e. The summed E-state index contributed by atoms with van der Waals surface area (Å²) in [6, 6.07) is 9.15. The Morgan fingerprint density at radius 2 is 1.79 bits per heavy atom. The van der Waals surface area contributed by atoms with Crippen molar-refractivity contribution >= 4 is 21.6 Å². The number of alkyl halides is 3. The van der Waals surface area contributed by atoms with E-state index in [1.165, 1.54) is 18.2 Å².